The Labute approximate surface area is 110 Å². The van der Waals surface area contributed by atoms with Crippen molar-refractivity contribution >= 4 is 21.4 Å². The van der Waals surface area contributed by atoms with Crippen LogP contribution in [-0.4, -0.2) is 7.05 Å². The van der Waals surface area contributed by atoms with Gasteiger partial charge in [0.05, 0.1) is 12.3 Å². The highest BCUT2D eigenvalue weighted by molar-refractivity contribution is 7.17. The average molecular weight is 257 g/mol. The number of rotatable bonds is 3. The van der Waals surface area contributed by atoms with Crippen LogP contribution in [0.15, 0.2) is 46.4 Å². The third-order valence-corrected chi connectivity index (χ3v) is 4.30. The van der Waals surface area contributed by atoms with E-state index in [-0.39, 0.29) is 6.04 Å². The Morgan fingerprint density at radius 2 is 2.00 bits per heavy atom. The van der Waals surface area contributed by atoms with Crippen molar-refractivity contribution in [2.45, 2.75) is 13.0 Å². The van der Waals surface area contributed by atoms with Crippen LogP contribution in [-0.2, 0) is 0 Å². The molecular formula is C15H15NOS. The van der Waals surface area contributed by atoms with Crippen LogP contribution in [0.1, 0.15) is 22.9 Å². The molecule has 1 atom stereocenters. The highest BCUT2D eigenvalue weighted by Crippen LogP contribution is 2.34. The van der Waals surface area contributed by atoms with Gasteiger partial charge in [0, 0.05) is 10.3 Å². The molecule has 2 nitrogen and oxygen atoms in total. The molecule has 0 spiro atoms. The van der Waals surface area contributed by atoms with Crippen LogP contribution in [0.3, 0.4) is 0 Å². The predicted molar refractivity (Wildman–Crippen MR) is 76.2 cm³/mol. The van der Waals surface area contributed by atoms with Crippen LogP contribution in [0, 0.1) is 6.92 Å². The number of fused-ring (bicyclic) bond motifs is 1. The van der Waals surface area contributed by atoms with Gasteiger partial charge >= 0.3 is 0 Å². The molecule has 0 amide bonds. The van der Waals surface area contributed by atoms with Gasteiger partial charge in [0.2, 0.25) is 0 Å². The van der Waals surface area contributed by atoms with E-state index in [1.54, 1.807) is 17.6 Å². The van der Waals surface area contributed by atoms with Gasteiger partial charge in [-0.25, -0.2) is 0 Å². The Kier molecular flexibility index (Phi) is 2.94. The largest absolute Gasteiger partial charge is 0.469 e. The molecule has 1 N–H and O–H groups in total. The van der Waals surface area contributed by atoms with E-state index in [2.05, 4.69) is 35.0 Å². The number of hydrogen-bond donors (Lipinski definition) is 1. The van der Waals surface area contributed by atoms with E-state index in [9.17, 15) is 0 Å². The lowest BCUT2D eigenvalue weighted by Gasteiger charge is -2.15. The molecule has 0 saturated heterocycles. The monoisotopic (exact) mass is 257 g/mol. The SMILES string of the molecule is CNC(c1ccoc1C)c1csc2ccccc12. The molecule has 3 heteroatoms. The summed E-state index contributed by atoms with van der Waals surface area (Å²) in [4.78, 5) is 0. The maximum absolute atomic E-state index is 5.42. The molecule has 0 aliphatic rings. The summed E-state index contributed by atoms with van der Waals surface area (Å²) in [5.74, 6) is 0.977. The summed E-state index contributed by atoms with van der Waals surface area (Å²) in [6, 6.07) is 10.8. The van der Waals surface area contributed by atoms with Crippen molar-refractivity contribution in [2.24, 2.45) is 0 Å². The minimum Gasteiger partial charge on any atom is -0.469 e. The van der Waals surface area contributed by atoms with Crippen molar-refractivity contribution in [3.05, 3.63) is 58.9 Å². The molecule has 18 heavy (non-hydrogen) atoms. The standard InChI is InChI=1S/C15H15NOS/c1-10-11(7-8-17-10)15(16-2)13-9-18-14-6-4-3-5-12(13)14/h3-9,15-16H,1-2H3. The fraction of sp³-hybridized carbons (Fsp3) is 0.200. The summed E-state index contributed by atoms with van der Waals surface area (Å²) in [7, 11) is 1.99. The molecule has 92 valence electrons. The van der Waals surface area contributed by atoms with Gasteiger partial charge in [-0.2, -0.15) is 0 Å². The highest BCUT2D eigenvalue weighted by Gasteiger charge is 2.19. The third kappa shape index (κ3) is 1.76. The normalized spacial score (nSPS) is 13.0. The third-order valence-electron chi connectivity index (χ3n) is 3.32. The second-order valence-corrected chi connectivity index (χ2v) is 5.25. The van der Waals surface area contributed by atoms with E-state index >= 15 is 0 Å². The molecule has 3 aromatic rings. The van der Waals surface area contributed by atoms with Crippen LogP contribution < -0.4 is 5.32 Å². The van der Waals surface area contributed by atoms with Crippen LogP contribution in [0.4, 0.5) is 0 Å². The van der Waals surface area contributed by atoms with Crippen molar-refractivity contribution in [1.29, 1.82) is 0 Å². The van der Waals surface area contributed by atoms with Crippen molar-refractivity contribution in [3.63, 3.8) is 0 Å². The number of hydrogen-bond acceptors (Lipinski definition) is 3. The fourth-order valence-corrected chi connectivity index (χ4v) is 3.38. The lowest BCUT2D eigenvalue weighted by atomic mass is 9.99. The Balaban J connectivity index is 2.15. The first-order valence-corrected chi connectivity index (χ1v) is 6.86. The molecule has 0 fully saturated rings. The summed E-state index contributed by atoms with van der Waals surface area (Å²) in [6.07, 6.45) is 1.75. The first-order chi connectivity index (χ1) is 8.81. The van der Waals surface area contributed by atoms with Gasteiger partial charge in [0.25, 0.3) is 0 Å². The first-order valence-electron chi connectivity index (χ1n) is 5.98. The molecule has 0 bridgehead atoms. The van der Waals surface area contributed by atoms with Gasteiger partial charge in [0.15, 0.2) is 0 Å². The Morgan fingerprint density at radius 1 is 1.17 bits per heavy atom. The smallest absolute Gasteiger partial charge is 0.105 e. The molecule has 0 aliphatic heterocycles. The van der Waals surface area contributed by atoms with Crippen LogP contribution in [0.5, 0.6) is 0 Å². The van der Waals surface area contributed by atoms with Gasteiger partial charge in [-0.3, -0.25) is 0 Å². The van der Waals surface area contributed by atoms with E-state index in [1.165, 1.54) is 21.2 Å². The van der Waals surface area contributed by atoms with E-state index in [4.69, 9.17) is 4.42 Å². The summed E-state index contributed by atoms with van der Waals surface area (Å²) in [6.45, 7) is 2.01. The molecule has 3 rings (SSSR count). The second kappa shape index (κ2) is 4.59. The summed E-state index contributed by atoms with van der Waals surface area (Å²) < 4.78 is 6.75. The number of nitrogens with one attached hydrogen (secondary N) is 1. The summed E-state index contributed by atoms with van der Waals surface area (Å²) >= 11 is 1.79. The Morgan fingerprint density at radius 3 is 2.72 bits per heavy atom. The van der Waals surface area contributed by atoms with Crippen molar-refractivity contribution < 1.29 is 4.42 Å². The van der Waals surface area contributed by atoms with Gasteiger partial charge in [-0.1, -0.05) is 18.2 Å². The molecule has 0 saturated carbocycles. The molecule has 1 unspecified atom stereocenters. The quantitative estimate of drug-likeness (QED) is 0.763. The summed E-state index contributed by atoms with van der Waals surface area (Å²) in [5, 5.41) is 6.94. The van der Waals surface area contributed by atoms with Crippen LogP contribution >= 0.6 is 11.3 Å². The number of furan rings is 1. The molecule has 2 aromatic heterocycles. The van der Waals surface area contributed by atoms with Gasteiger partial charge in [-0.15, -0.1) is 11.3 Å². The zero-order valence-electron chi connectivity index (χ0n) is 10.4. The van der Waals surface area contributed by atoms with Gasteiger partial charge < -0.3 is 9.73 Å². The molecule has 2 heterocycles. The second-order valence-electron chi connectivity index (χ2n) is 4.34. The van der Waals surface area contributed by atoms with Crippen LogP contribution in [0.25, 0.3) is 10.1 Å². The zero-order valence-corrected chi connectivity index (χ0v) is 11.3. The molecular weight excluding hydrogens is 242 g/mol. The van der Waals surface area contributed by atoms with E-state index < -0.39 is 0 Å². The molecule has 0 aliphatic carbocycles. The Bertz CT molecular complexity index is 668. The zero-order chi connectivity index (χ0) is 12.5. The minimum atomic E-state index is 0.194. The topological polar surface area (TPSA) is 25.2 Å². The van der Waals surface area contributed by atoms with E-state index in [1.807, 2.05) is 20.0 Å². The van der Waals surface area contributed by atoms with Crippen LogP contribution in [0.2, 0.25) is 0 Å². The number of thiophene rings is 1. The summed E-state index contributed by atoms with van der Waals surface area (Å²) in [5.41, 5.74) is 2.53. The van der Waals surface area contributed by atoms with E-state index in [0.717, 1.165) is 5.76 Å². The lowest BCUT2D eigenvalue weighted by molar-refractivity contribution is 0.523. The van der Waals surface area contributed by atoms with Gasteiger partial charge in [0.1, 0.15) is 5.76 Å². The fourth-order valence-electron chi connectivity index (χ4n) is 2.39. The Hall–Kier alpha value is -1.58. The van der Waals surface area contributed by atoms with Crippen molar-refractivity contribution in [2.75, 3.05) is 7.05 Å². The minimum absolute atomic E-state index is 0.194. The van der Waals surface area contributed by atoms with Crippen molar-refractivity contribution in [1.82, 2.24) is 5.32 Å². The average Bonchev–Trinajstić information content (AvgIpc) is 2.99. The number of benzene rings is 1. The molecule has 0 radical (unpaired) electrons. The lowest BCUT2D eigenvalue weighted by Crippen LogP contribution is -2.17. The van der Waals surface area contributed by atoms with E-state index in [0.29, 0.717) is 0 Å². The predicted octanol–water partition coefficient (Wildman–Crippen LogP) is 4.11. The molecule has 1 aromatic carbocycles. The number of aryl methyl sites for hydroxylation is 1. The van der Waals surface area contributed by atoms with Crippen molar-refractivity contribution in [3.8, 4) is 0 Å². The maximum Gasteiger partial charge on any atom is 0.105 e. The first kappa shape index (κ1) is 11.5. The van der Waals surface area contributed by atoms with Gasteiger partial charge in [-0.05, 0) is 42.4 Å². The maximum atomic E-state index is 5.42. The highest BCUT2D eigenvalue weighted by atomic mass is 32.1.